The minimum absolute atomic E-state index is 0.151. The third-order valence-corrected chi connectivity index (χ3v) is 3.29. The maximum absolute atomic E-state index is 11.8. The van der Waals surface area contributed by atoms with Gasteiger partial charge in [0.1, 0.15) is 0 Å². The van der Waals surface area contributed by atoms with Crippen LogP contribution in [0.4, 0.5) is 5.95 Å². The van der Waals surface area contributed by atoms with Gasteiger partial charge in [-0.3, -0.25) is 4.79 Å². The van der Waals surface area contributed by atoms with E-state index in [-0.39, 0.29) is 11.9 Å². The van der Waals surface area contributed by atoms with Crippen LogP contribution in [0.25, 0.3) is 0 Å². The summed E-state index contributed by atoms with van der Waals surface area (Å²) in [6, 6.07) is 0.468. The van der Waals surface area contributed by atoms with Crippen LogP contribution in [0.1, 0.15) is 19.8 Å². The molecule has 1 aliphatic carbocycles. The molecule has 1 aromatic rings. The summed E-state index contributed by atoms with van der Waals surface area (Å²) in [6.07, 6.45) is 2.27. The van der Waals surface area contributed by atoms with Crippen molar-refractivity contribution in [3.05, 3.63) is 0 Å². The number of thioether (sulfide) groups is 1. The average molecular weight is 241 g/mol. The molecule has 0 unspecified atom stereocenters. The number of carbonyl (C=O) groups is 1. The summed E-state index contributed by atoms with van der Waals surface area (Å²) in [4.78, 5) is 17.7. The van der Waals surface area contributed by atoms with Gasteiger partial charge in [-0.25, -0.2) is 5.10 Å². The van der Waals surface area contributed by atoms with E-state index < -0.39 is 0 Å². The van der Waals surface area contributed by atoms with Crippen LogP contribution >= 0.6 is 11.8 Å². The number of hydrogen-bond acceptors (Lipinski definition) is 5. The van der Waals surface area contributed by atoms with Crippen LogP contribution in [0.15, 0.2) is 5.16 Å². The number of aromatic amines is 1. The summed E-state index contributed by atoms with van der Waals surface area (Å²) in [6.45, 7) is 2.78. The lowest BCUT2D eigenvalue weighted by Gasteiger charge is -2.19. The van der Waals surface area contributed by atoms with E-state index in [4.69, 9.17) is 5.73 Å². The van der Waals surface area contributed by atoms with Crippen LogP contribution < -0.4 is 5.73 Å². The molecule has 16 heavy (non-hydrogen) atoms. The smallest absolute Gasteiger partial charge is 0.233 e. The van der Waals surface area contributed by atoms with Crippen LogP contribution in [-0.4, -0.2) is 44.3 Å². The lowest BCUT2D eigenvalue weighted by Crippen LogP contribution is -2.34. The Bertz CT molecular complexity index is 376. The van der Waals surface area contributed by atoms with E-state index in [1.54, 1.807) is 0 Å². The number of H-pyrrole nitrogens is 1. The molecule has 0 bridgehead atoms. The second-order valence-electron chi connectivity index (χ2n) is 3.70. The second kappa shape index (κ2) is 4.73. The van der Waals surface area contributed by atoms with E-state index >= 15 is 0 Å². The Morgan fingerprint density at radius 1 is 1.69 bits per heavy atom. The molecule has 1 amide bonds. The number of anilines is 1. The fraction of sp³-hybridized carbons (Fsp3) is 0.667. The third-order valence-electron chi connectivity index (χ3n) is 2.46. The second-order valence-corrected chi connectivity index (χ2v) is 4.65. The summed E-state index contributed by atoms with van der Waals surface area (Å²) in [5.41, 5.74) is 5.39. The predicted octanol–water partition coefficient (Wildman–Crippen LogP) is 0.490. The molecule has 3 N–H and O–H groups in total. The Balaban J connectivity index is 1.82. The molecule has 1 aromatic heterocycles. The van der Waals surface area contributed by atoms with Crippen molar-refractivity contribution in [3.63, 3.8) is 0 Å². The Labute approximate surface area is 98.0 Å². The first-order valence-corrected chi connectivity index (χ1v) is 6.29. The van der Waals surface area contributed by atoms with E-state index in [0.29, 0.717) is 17.0 Å². The highest BCUT2D eigenvalue weighted by molar-refractivity contribution is 7.99. The number of nitrogens with two attached hydrogens (primary N) is 1. The zero-order valence-corrected chi connectivity index (χ0v) is 9.96. The monoisotopic (exact) mass is 241 g/mol. The molecule has 1 aliphatic rings. The topological polar surface area (TPSA) is 87.9 Å². The average Bonchev–Trinajstić information content (AvgIpc) is 3.00. The van der Waals surface area contributed by atoms with Gasteiger partial charge < -0.3 is 10.6 Å². The summed E-state index contributed by atoms with van der Waals surface area (Å²) in [5.74, 6) is 0.810. The van der Waals surface area contributed by atoms with Crippen molar-refractivity contribution in [3.8, 4) is 0 Å². The van der Waals surface area contributed by atoms with Crippen LogP contribution in [0.2, 0.25) is 0 Å². The zero-order valence-electron chi connectivity index (χ0n) is 9.14. The highest BCUT2D eigenvalue weighted by atomic mass is 32.2. The molecule has 0 aromatic carbocycles. The van der Waals surface area contributed by atoms with Gasteiger partial charge in [0, 0.05) is 12.6 Å². The first-order valence-electron chi connectivity index (χ1n) is 5.31. The fourth-order valence-electron chi connectivity index (χ4n) is 1.56. The minimum atomic E-state index is 0.151. The Hall–Kier alpha value is -1.24. The number of hydrogen-bond donors (Lipinski definition) is 2. The van der Waals surface area contributed by atoms with E-state index in [0.717, 1.165) is 19.4 Å². The lowest BCUT2D eigenvalue weighted by atomic mass is 10.4. The lowest BCUT2D eigenvalue weighted by molar-refractivity contribution is -0.128. The van der Waals surface area contributed by atoms with Crippen LogP contribution in [0.5, 0.6) is 0 Å². The molecule has 6 nitrogen and oxygen atoms in total. The molecule has 0 saturated heterocycles. The number of nitrogens with one attached hydrogen (secondary N) is 1. The Morgan fingerprint density at radius 2 is 2.44 bits per heavy atom. The molecule has 1 fully saturated rings. The van der Waals surface area contributed by atoms with Gasteiger partial charge in [0.05, 0.1) is 5.75 Å². The minimum Gasteiger partial charge on any atom is -0.368 e. The van der Waals surface area contributed by atoms with Crippen molar-refractivity contribution in [1.29, 1.82) is 0 Å². The van der Waals surface area contributed by atoms with Crippen LogP contribution in [-0.2, 0) is 4.79 Å². The Kier molecular flexibility index (Phi) is 3.33. The molecule has 88 valence electrons. The number of rotatable bonds is 5. The molecule has 0 spiro atoms. The molecular formula is C9H15N5OS. The van der Waals surface area contributed by atoms with E-state index in [9.17, 15) is 4.79 Å². The molecule has 0 atom stereocenters. The molecule has 7 heteroatoms. The Morgan fingerprint density at radius 3 is 2.94 bits per heavy atom. The molecule has 0 aliphatic heterocycles. The summed E-state index contributed by atoms with van der Waals surface area (Å²) in [5, 5.41) is 6.93. The van der Waals surface area contributed by atoms with Gasteiger partial charge in [-0.15, -0.1) is 5.10 Å². The van der Waals surface area contributed by atoms with Gasteiger partial charge in [0.2, 0.25) is 17.0 Å². The normalized spacial score (nSPS) is 15.1. The van der Waals surface area contributed by atoms with Gasteiger partial charge in [-0.2, -0.15) is 4.98 Å². The van der Waals surface area contributed by atoms with Gasteiger partial charge >= 0.3 is 0 Å². The van der Waals surface area contributed by atoms with Crippen molar-refractivity contribution < 1.29 is 4.79 Å². The summed E-state index contributed by atoms with van der Waals surface area (Å²) >= 11 is 1.31. The number of aromatic nitrogens is 3. The fourth-order valence-corrected chi connectivity index (χ4v) is 2.25. The van der Waals surface area contributed by atoms with Crippen LogP contribution in [0.3, 0.4) is 0 Å². The van der Waals surface area contributed by atoms with E-state index in [1.165, 1.54) is 11.8 Å². The maximum atomic E-state index is 11.8. The van der Waals surface area contributed by atoms with Crippen molar-refractivity contribution in [2.24, 2.45) is 0 Å². The quantitative estimate of drug-likeness (QED) is 0.732. The predicted molar refractivity (Wildman–Crippen MR) is 61.9 cm³/mol. The SMILES string of the molecule is CCN(C(=O)CSc1n[nH]c(N)n1)C1CC1. The van der Waals surface area contributed by atoms with Gasteiger partial charge in [0.15, 0.2) is 0 Å². The van der Waals surface area contributed by atoms with Crippen molar-refractivity contribution >= 4 is 23.6 Å². The summed E-state index contributed by atoms with van der Waals surface area (Å²) in [7, 11) is 0. The highest BCUT2D eigenvalue weighted by Gasteiger charge is 2.31. The first kappa shape index (κ1) is 11.3. The molecular weight excluding hydrogens is 226 g/mol. The van der Waals surface area contributed by atoms with Gasteiger partial charge in [0.25, 0.3) is 0 Å². The molecule has 1 heterocycles. The van der Waals surface area contributed by atoms with Crippen molar-refractivity contribution in [2.75, 3.05) is 18.0 Å². The number of carbonyl (C=O) groups excluding carboxylic acids is 1. The van der Waals surface area contributed by atoms with Crippen molar-refractivity contribution in [1.82, 2.24) is 20.1 Å². The number of nitrogens with zero attached hydrogens (tertiary/aromatic N) is 3. The number of amides is 1. The van der Waals surface area contributed by atoms with Gasteiger partial charge in [-0.1, -0.05) is 11.8 Å². The van der Waals surface area contributed by atoms with E-state index in [1.807, 2.05) is 11.8 Å². The molecule has 0 radical (unpaired) electrons. The standard InChI is InChI=1S/C9H15N5OS/c1-2-14(6-3-4-6)7(15)5-16-9-11-8(10)12-13-9/h6H,2-5H2,1H3,(H3,10,11,12,13). The van der Waals surface area contributed by atoms with Crippen LogP contribution in [0, 0.1) is 0 Å². The first-order chi connectivity index (χ1) is 7.70. The largest absolute Gasteiger partial charge is 0.368 e. The zero-order chi connectivity index (χ0) is 11.5. The number of nitrogen functional groups attached to an aromatic ring is 1. The third kappa shape index (κ3) is 2.66. The van der Waals surface area contributed by atoms with E-state index in [2.05, 4.69) is 15.2 Å². The summed E-state index contributed by atoms with van der Waals surface area (Å²) < 4.78 is 0. The van der Waals surface area contributed by atoms with Gasteiger partial charge in [-0.05, 0) is 19.8 Å². The highest BCUT2D eigenvalue weighted by Crippen LogP contribution is 2.27. The molecule has 2 rings (SSSR count). The van der Waals surface area contributed by atoms with Crippen molar-refractivity contribution in [2.45, 2.75) is 31.0 Å². The maximum Gasteiger partial charge on any atom is 0.233 e. The molecule has 1 saturated carbocycles.